The van der Waals surface area contributed by atoms with E-state index in [1.807, 2.05) is 18.2 Å². The van der Waals surface area contributed by atoms with Crippen LogP contribution in [0.3, 0.4) is 0 Å². The highest BCUT2D eigenvalue weighted by molar-refractivity contribution is 6.01. The van der Waals surface area contributed by atoms with Crippen molar-refractivity contribution in [2.75, 3.05) is 45.9 Å². The topological polar surface area (TPSA) is 54.9 Å². The maximum atomic E-state index is 13.5. The smallest absolute Gasteiger partial charge is 0.201 e. The number of aromatic nitrogens is 1. The molecule has 0 unspecified atom stereocenters. The third-order valence-electron chi connectivity index (χ3n) is 5.70. The zero-order valence-corrected chi connectivity index (χ0v) is 16.9. The summed E-state index contributed by atoms with van der Waals surface area (Å²) in [6.07, 6.45) is 3.54. The molecule has 0 spiro atoms. The largest absolute Gasteiger partial charge is 0.378 e. The van der Waals surface area contributed by atoms with Crippen LogP contribution in [0.25, 0.3) is 0 Å². The molecule has 3 heterocycles. The average Bonchev–Trinajstić information content (AvgIpc) is 2.68. The molecule has 0 aliphatic carbocycles. The standard InChI is InChI=1S/C21H33N3O3/c1-17(2)26-15-13-23-9-11-24(12-10-23)21(7-14-27-18(3)16-21)20(25)19-6-4-5-8-22-19/h4-6,8,17-18H,7,9-16H2,1-3H3/t18-,21-/m1/s1. The van der Waals surface area contributed by atoms with Gasteiger partial charge in [-0.3, -0.25) is 19.6 Å². The van der Waals surface area contributed by atoms with Gasteiger partial charge in [-0.2, -0.15) is 0 Å². The highest BCUT2D eigenvalue weighted by Gasteiger charge is 2.48. The maximum Gasteiger partial charge on any atom is 0.201 e. The molecule has 0 bridgehead atoms. The first kappa shape index (κ1) is 20.4. The Hall–Kier alpha value is -1.34. The van der Waals surface area contributed by atoms with Crippen molar-refractivity contribution < 1.29 is 14.3 Å². The average molecular weight is 376 g/mol. The predicted molar refractivity (Wildman–Crippen MR) is 105 cm³/mol. The van der Waals surface area contributed by atoms with Crippen LogP contribution in [-0.2, 0) is 9.47 Å². The number of carbonyl (C=O) groups is 1. The van der Waals surface area contributed by atoms with Gasteiger partial charge in [-0.05, 0) is 45.7 Å². The Labute approximate surface area is 162 Å². The summed E-state index contributed by atoms with van der Waals surface area (Å²) in [5.74, 6) is 0.148. The van der Waals surface area contributed by atoms with Gasteiger partial charge in [0.15, 0.2) is 0 Å². The van der Waals surface area contributed by atoms with E-state index in [1.54, 1.807) is 6.20 Å². The number of hydrogen-bond donors (Lipinski definition) is 0. The van der Waals surface area contributed by atoms with Crippen LogP contribution in [0.2, 0.25) is 0 Å². The molecule has 27 heavy (non-hydrogen) atoms. The van der Waals surface area contributed by atoms with E-state index in [0.717, 1.165) is 52.2 Å². The molecule has 2 saturated heterocycles. The lowest BCUT2D eigenvalue weighted by Gasteiger charge is -2.49. The van der Waals surface area contributed by atoms with E-state index >= 15 is 0 Å². The number of nitrogens with zero attached hydrogens (tertiary/aromatic N) is 3. The van der Waals surface area contributed by atoms with E-state index in [0.29, 0.717) is 12.3 Å². The monoisotopic (exact) mass is 375 g/mol. The number of ether oxygens (including phenoxy) is 2. The SMILES string of the molecule is CC(C)OCCN1CCN([C@]2(C(=O)c3ccccn3)CCO[C@H](C)C2)CC1. The minimum absolute atomic E-state index is 0.0869. The van der Waals surface area contributed by atoms with E-state index in [1.165, 1.54) is 0 Å². The van der Waals surface area contributed by atoms with Gasteiger partial charge in [-0.1, -0.05) is 6.07 Å². The molecule has 0 N–H and O–H groups in total. The fraction of sp³-hybridized carbons (Fsp3) is 0.714. The first-order valence-electron chi connectivity index (χ1n) is 10.2. The molecule has 1 aromatic heterocycles. The number of hydrogen-bond acceptors (Lipinski definition) is 6. The van der Waals surface area contributed by atoms with Crippen LogP contribution < -0.4 is 0 Å². The van der Waals surface area contributed by atoms with Crippen molar-refractivity contribution in [3.63, 3.8) is 0 Å². The third-order valence-corrected chi connectivity index (χ3v) is 5.70. The second-order valence-electron chi connectivity index (χ2n) is 7.96. The Kier molecular flexibility index (Phi) is 6.98. The Balaban J connectivity index is 1.69. The van der Waals surface area contributed by atoms with Gasteiger partial charge in [-0.25, -0.2) is 0 Å². The Morgan fingerprint density at radius 3 is 2.74 bits per heavy atom. The van der Waals surface area contributed by atoms with Crippen molar-refractivity contribution in [1.82, 2.24) is 14.8 Å². The number of ketones is 1. The molecule has 2 fully saturated rings. The van der Waals surface area contributed by atoms with Crippen molar-refractivity contribution in [3.05, 3.63) is 30.1 Å². The van der Waals surface area contributed by atoms with Gasteiger partial charge in [0.1, 0.15) is 5.69 Å². The molecule has 0 radical (unpaired) electrons. The normalized spacial score (nSPS) is 27.8. The summed E-state index contributed by atoms with van der Waals surface area (Å²) in [5, 5.41) is 0. The van der Waals surface area contributed by atoms with Crippen molar-refractivity contribution in [2.24, 2.45) is 0 Å². The molecule has 6 nitrogen and oxygen atoms in total. The second-order valence-corrected chi connectivity index (χ2v) is 7.96. The van der Waals surface area contributed by atoms with Crippen molar-refractivity contribution >= 4 is 5.78 Å². The van der Waals surface area contributed by atoms with Crippen LogP contribution in [0.1, 0.15) is 44.1 Å². The lowest BCUT2D eigenvalue weighted by molar-refractivity contribution is -0.0658. The second kappa shape index (κ2) is 9.24. The fourth-order valence-corrected chi connectivity index (χ4v) is 4.26. The van der Waals surface area contributed by atoms with Crippen LogP contribution in [0, 0.1) is 0 Å². The summed E-state index contributed by atoms with van der Waals surface area (Å²) in [6.45, 7) is 12.3. The first-order chi connectivity index (χ1) is 13.0. The molecule has 2 atom stereocenters. The van der Waals surface area contributed by atoms with E-state index in [2.05, 4.69) is 35.6 Å². The van der Waals surface area contributed by atoms with Gasteiger partial charge in [0.25, 0.3) is 0 Å². The summed E-state index contributed by atoms with van der Waals surface area (Å²) in [6, 6.07) is 5.58. The van der Waals surface area contributed by atoms with Gasteiger partial charge >= 0.3 is 0 Å². The van der Waals surface area contributed by atoms with Crippen LogP contribution in [0.5, 0.6) is 0 Å². The highest BCUT2D eigenvalue weighted by Crippen LogP contribution is 2.34. The van der Waals surface area contributed by atoms with E-state index in [9.17, 15) is 4.79 Å². The molecule has 150 valence electrons. The molecule has 0 aromatic carbocycles. The first-order valence-corrected chi connectivity index (χ1v) is 10.2. The van der Waals surface area contributed by atoms with E-state index in [4.69, 9.17) is 9.47 Å². The summed E-state index contributed by atoms with van der Waals surface area (Å²) >= 11 is 0. The quantitative estimate of drug-likeness (QED) is 0.682. The predicted octanol–water partition coefficient (Wildman–Crippen LogP) is 2.24. The lowest BCUT2D eigenvalue weighted by Crippen LogP contribution is -2.63. The van der Waals surface area contributed by atoms with Gasteiger partial charge in [0, 0.05) is 45.5 Å². The number of rotatable bonds is 7. The van der Waals surface area contributed by atoms with Crippen LogP contribution >= 0.6 is 0 Å². The molecule has 0 amide bonds. The van der Waals surface area contributed by atoms with Gasteiger partial charge in [-0.15, -0.1) is 0 Å². The minimum Gasteiger partial charge on any atom is -0.378 e. The van der Waals surface area contributed by atoms with Crippen molar-refractivity contribution in [1.29, 1.82) is 0 Å². The maximum absolute atomic E-state index is 13.5. The molecular formula is C21H33N3O3. The van der Waals surface area contributed by atoms with Crippen molar-refractivity contribution in [2.45, 2.75) is 51.4 Å². The number of carbonyl (C=O) groups excluding carboxylic acids is 1. The summed E-state index contributed by atoms with van der Waals surface area (Å²) < 4.78 is 11.5. The molecule has 2 aliphatic rings. The lowest BCUT2D eigenvalue weighted by atomic mass is 9.79. The molecule has 1 aromatic rings. The summed E-state index contributed by atoms with van der Waals surface area (Å²) in [7, 11) is 0. The highest BCUT2D eigenvalue weighted by atomic mass is 16.5. The number of piperazine rings is 1. The number of Topliss-reactive ketones (excluding diaryl/α,β-unsaturated/α-hetero) is 1. The van der Waals surface area contributed by atoms with E-state index < -0.39 is 5.54 Å². The fourth-order valence-electron chi connectivity index (χ4n) is 4.26. The zero-order chi connectivity index (χ0) is 19.3. The summed E-state index contributed by atoms with van der Waals surface area (Å²) in [5.41, 5.74) is 0.0753. The van der Waals surface area contributed by atoms with Gasteiger partial charge in [0.2, 0.25) is 5.78 Å². The molecule has 6 heteroatoms. The Bertz CT molecular complexity index is 602. The van der Waals surface area contributed by atoms with Crippen LogP contribution in [0.4, 0.5) is 0 Å². The third kappa shape index (κ3) is 4.93. The number of pyridine rings is 1. The minimum atomic E-state index is -0.494. The van der Waals surface area contributed by atoms with Crippen LogP contribution in [-0.4, -0.2) is 84.3 Å². The van der Waals surface area contributed by atoms with Gasteiger partial charge in [0.05, 0.1) is 24.4 Å². The Morgan fingerprint density at radius 2 is 2.11 bits per heavy atom. The molecule has 0 saturated carbocycles. The zero-order valence-electron chi connectivity index (χ0n) is 16.9. The van der Waals surface area contributed by atoms with E-state index in [-0.39, 0.29) is 18.0 Å². The molecular weight excluding hydrogens is 342 g/mol. The Morgan fingerprint density at radius 1 is 1.33 bits per heavy atom. The van der Waals surface area contributed by atoms with Gasteiger partial charge < -0.3 is 9.47 Å². The molecule has 2 aliphatic heterocycles. The molecule has 3 rings (SSSR count). The summed E-state index contributed by atoms with van der Waals surface area (Å²) in [4.78, 5) is 22.7. The van der Waals surface area contributed by atoms with Crippen LogP contribution in [0.15, 0.2) is 24.4 Å². The van der Waals surface area contributed by atoms with Crippen molar-refractivity contribution in [3.8, 4) is 0 Å².